The van der Waals surface area contributed by atoms with Crippen molar-refractivity contribution >= 4 is 11.7 Å². The van der Waals surface area contributed by atoms with Crippen molar-refractivity contribution < 1.29 is 9.90 Å². The molecule has 1 atom stereocenters. The molecular weight excluding hydrogens is 240 g/mol. The molecule has 4 heteroatoms. The van der Waals surface area contributed by atoms with Gasteiger partial charge in [-0.1, -0.05) is 12.1 Å². The summed E-state index contributed by atoms with van der Waals surface area (Å²) in [5.74, 6) is -0.746. The van der Waals surface area contributed by atoms with Crippen LogP contribution in [0.2, 0.25) is 0 Å². The molecule has 19 heavy (non-hydrogen) atoms. The van der Waals surface area contributed by atoms with E-state index in [0.717, 1.165) is 12.2 Å². The van der Waals surface area contributed by atoms with Gasteiger partial charge < -0.3 is 15.3 Å². The summed E-state index contributed by atoms with van der Waals surface area (Å²) in [6.45, 7) is 7.87. The predicted octanol–water partition coefficient (Wildman–Crippen LogP) is 2.03. The van der Waals surface area contributed by atoms with E-state index in [0.29, 0.717) is 6.54 Å². The van der Waals surface area contributed by atoms with Crippen molar-refractivity contribution in [1.29, 1.82) is 0 Å². The number of carbonyl (C=O) groups is 1. The van der Waals surface area contributed by atoms with Crippen molar-refractivity contribution in [3.63, 3.8) is 0 Å². The number of anilines is 1. The Kier molecular flexibility index (Phi) is 3.80. The van der Waals surface area contributed by atoms with Crippen molar-refractivity contribution in [1.82, 2.24) is 5.32 Å². The maximum absolute atomic E-state index is 11.0. The van der Waals surface area contributed by atoms with E-state index in [1.807, 2.05) is 6.07 Å². The topological polar surface area (TPSA) is 52.6 Å². The monoisotopic (exact) mass is 262 g/mol. The Morgan fingerprint density at radius 1 is 1.53 bits per heavy atom. The predicted molar refractivity (Wildman–Crippen MR) is 76.6 cm³/mol. The number of nitrogens with zero attached hydrogens (tertiary/aromatic N) is 1. The second-order valence-corrected chi connectivity index (χ2v) is 5.98. The van der Waals surface area contributed by atoms with Gasteiger partial charge in [-0.15, -0.1) is 0 Å². The molecule has 1 heterocycles. The first-order chi connectivity index (χ1) is 8.87. The maximum Gasteiger partial charge on any atom is 0.305 e. The third kappa shape index (κ3) is 3.47. The van der Waals surface area contributed by atoms with E-state index < -0.39 is 5.97 Å². The number of aryl methyl sites for hydroxylation is 1. The lowest BCUT2D eigenvalue weighted by Crippen LogP contribution is -2.62. The summed E-state index contributed by atoms with van der Waals surface area (Å²) in [5, 5.41) is 12.5. The Hall–Kier alpha value is -1.55. The number of hydrogen-bond donors (Lipinski definition) is 2. The van der Waals surface area contributed by atoms with E-state index in [2.05, 4.69) is 49.2 Å². The first kappa shape index (κ1) is 13.9. The van der Waals surface area contributed by atoms with E-state index in [9.17, 15) is 4.79 Å². The van der Waals surface area contributed by atoms with Gasteiger partial charge in [0.05, 0.1) is 12.5 Å². The van der Waals surface area contributed by atoms with Crippen LogP contribution in [0.5, 0.6) is 0 Å². The number of piperazine rings is 1. The van der Waals surface area contributed by atoms with Gasteiger partial charge in [0, 0.05) is 24.3 Å². The number of rotatable bonds is 3. The van der Waals surface area contributed by atoms with Crippen molar-refractivity contribution in [2.24, 2.45) is 0 Å². The number of aliphatic carboxylic acids is 1. The van der Waals surface area contributed by atoms with Crippen LogP contribution in [-0.2, 0) is 4.79 Å². The smallest absolute Gasteiger partial charge is 0.305 e. The molecule has 0 amide bonds. The molecule has 2 N–H and O–H groups in total. The van der Waals surface area contributed by atoms with Crippen LogP contribution in [-0.4, -0.2) is 35.7 Å². The summed E-state index contributed by atoms with van der Waals surface area (Å²) in [6.07, 6.45) is 0.164. The van der Waals surface area contributed by atoms with Crippen LogP contribution in [0.3, 0.4) is 0 Å². The van der Waals surface area contributed by atoms with Gasteiger partial charge in [0.15, 0.2) is 0 Å². The SMILES string of the molecule is Cc1cccc(N2CC(C)(C)NCC2CC(=O)O)c1. The fourth-order valence-corrected chi connectivity index (χ4v) is 2.61. The van der Waals surface area contributed by atoms with Crippen LogP contribution >= 0.6 is 0 Å². The number of benzene rings is 1. The van der Waals surface area contributed by atoms with Crippen LogP contribution < -0.4 is 10.2 Å². The third-order valence-corrected chi connectivity index (χ3v) is 3.57. The zero-order valence-corrected chi connectivity index (χ0v) is 11.8. The molecule has 1 aromatic carbocycles. The highest BCUT2D eigenvalue weighted by Crippen LogP contribution is 2.25. The Labute approximate surface area is 114 Å². The molecule has 1 fully saturated rings. The first-order valence-corrected chi connectivity index (χ1v) is 6.67. The minimum Gasteiger partial charge on any atom is -0.481 e. The number of carboxylic acid groups (broad SMARTS) is 1. The van der Waals surface area contributed by atoms with E-state index in [-0.39, 0.29) is 18.0 Å². The molecule has 0 radical (unpaired) electrons. The lowest BCUT2D eigenvalue weighted by Gasteiger charge is -2.45. The van der Waals surface area contributed by atoms with Crippen molar-refractivity contribution in [2.75, 3.05) is 18.0 Å². The molecule has 4 nitrogen and oxygen atoms in total. The van der Waals surface area contributed by atoms with E-state index in [4.69, 9.17) is 5.11 Å². The van der Waals surface area contributed by atoms with Gasteiger partial charge in [0.1, 0.15) is 0 Å². The lowest BCUT2D eigenvalue weighted by molar-refractivity contribution is -0.137. The van der Waals surface area contributed by atoms with E-state index in [1.165, 1.54) is 5.56 Å². The first-order valence-electron chi connectivity index (χ1n) is 6.67. The van der Waals surface area contributed by atoms with Crippen molar-refractivity contribution in [3.8, 4) is 0 Å². The highest BCUT2D eigenvalue weighted by atomic mass is 16.4. The van der Waals surface area contributed by atoms with Gasteiger partial charge in [-0.3, -0.25) is 4.79 Å². The fraction of sp³-hybridized carbons (Fsp3) is 0.533. The molecular formula is C15H22N2O2. The van der Waals surface area contributed by atoms with Crippen molar-refractivity contribution in [2.45, 2.75) is 38.8 Å². The lowest BCUT2D eigenvalue weighted by atomic mass is 9.96. The Morgan fingerprint density at radius 2 is 2.26 bits per heavy atom. The van der Waals surface area contributed by atoms with Crippen LogP contribution in [0.4, 0.5) is 5.69 Å². The van der Waals surface area contributed by atoms with Gasteiger partial charge in [-0.2, -0.15) is 0 Å². The molecule has 1 unspecified atom stereocenters. The molecule has 0 saturated carbocycles. The van der Waals surface area contributed by atoms with Crippen LogP contribution in [0.15, 0.2) is 24.3 Å². The van der Waals surface area contributed by atoms with E-state index >= 15 is 0 Å². The summed E-state index contributed by atoms with van der Waals surface area (Å²) >= 11 is 0. The Morgan fingerprint density at radius 3 is 2.89 bits per heavy atom. The molecule has 104 valence electrons. The Bertz CT molecular complexity index is 471. The highest BCUT2D eigenvalue weighted by molar-refractivity contribution is 5.69. The number of hydrogen-bond acceptors (Lipinski definition) is 3. The van der Waals surface area contributed by atoms with Gasteiger partial charge in [0.25, 0.3) is 0 Å². The molecule has 1 saturated heterocycles. The average molecular weight is 262 g/mol. The summed E-state index contributed by atoms with van der Waals surface area (Å²) in [6, 6.07) is 8.27. The standard InChI is InChI=1S/C15H22N2O2/c1-11-5-4-6-12(7-11)17-10-15(2,3)16-9-13(17)8-14(18)19/h4-7,13,16H,8-10H2,1-3H3,(H,18,19). The fourth-order valence-electron chi connectivity index (χ4n) is 2.61. The zero-order valence-electron chi connectivity index (χ0n) is 11.8. The second kappa shape index (κ2) is 5.21. The second-order valence-electron chi connectivity index (χ2n) is 5.98. The van der Waals surface area contributed by atoms with Gasteiger partial charge in [-0.05, 0) is 38.5 Å². The third-order valence-electron chi connectivity index (χ3n) is 3.57. The molecule has 1 aliphatic rings. The van der Waals surface area contributed by atoms with Gasteiger partial charge in [0.2, 0.25) is 0 Å². The average Bonchev–Trinajstić information content (AvgIpc) is 2.31. The van der Waals surface area contributed by atoms with Gasteiger partial charge >= 0.3 is 5.97 Å². The maximum atomic E-state index is 11.0. The summed E-state index contributed by atoms with van der Waals surface area (Å²) in [7, 11) is 0. The minimum atomic E-state index is -0.746. The van der Waals surface area contributed by atoms with Crippen LogP contribution in [0.25, 0.3) is 0 Å². The zero-order chi connectivity index (χ0) is 14.0. The summed E-state index contributed by atoms with van der Waals surface area (Å²) in [4.78, 5) is 13.2. The molecule has 0 spiro atoms. The molecule has 0 aromatic heterocycles. The van der Waals surface area contributed by atoms with Crippen molar-refractivity contribution in [3.05, 3.63) is 29.8 Å². The molecule has 1 aromatic rings. The number of nitrogens with one attached hydrogen (secondary N) is 1. The quantitative estimate of drug-likeness (QED) is 0.875. The summed E-state index contributed by atoms with van der Waals surface area (Å²) < 4.78 is 0. The molecule has 1 aliphatic heterocycles. The minimum absolute atomic E-state index is 0.00124. The molecule has 0 aliphatic carbocycles. The molecule has 2 rings (SSSR count). The summed E-state index contributed by atoms with van der Waals surface area (Å²) in [5.41, 5.74) is 2.31. The van der Waals surface area contributed by atoms with E-state index in [1.54, 1.807) is 0 Å². The van der Waals surface area contributed by atoms with Gasteiger partial charge in [-0.25, -0.2) is 0 Å². The van der Waals surface area contributed by atoms with Crippen LogP contribution in [0.1, 0.15) is 25.8 Å². The normalized spacial score (nSPS) is 22.3. The highest BCUT2D eigenvalue weighted by Gasteiger charge is 2.33. The largest absolute Gasteiger partial charge is 0.481 e. The van der Waals surface area contributed by atoms with Crippen LogP contribution in [0, 0.1) is 6.92 Å². The number of carboxylic acids is 1. The molecule has 0 bridgehead atoms. The Balaban J connectivity index is 2.27.